The van der Waals surface area contributed by atoms with E-state index in [-0.39, 0.29) is 12.0 Å². The van der Waals surface area contributed by atoms with E-state index in [1.807, 2.05) is 12.1 Å². The maximum atomic E-state index is 13.0. The Morgan fingerprint density at radius 2 is 2.36 bits per heavy atom. The molecule has 0 N–H and O–H groups in total. The highest BCUT2D eigenvalue weighted by molar-refractivity contribution is 7.22. The minimum atomic E-state index is -0.175. The predicted molar refractivity (Wildman–Crippen MR) is 98.5 cm³/mol. The molecule has 3 heterocycles. The summed E-state index contributed by atoms with van der Waals surface area (Å²) in [6.07, 6.45) is 3.74. The molecule has 0 bridgehead atoms. The van der Waals surface area contributed by atoms with Crippen LogP contribution in [0.5, 0.6) is 0 Å². The van der Waals surface area contributed by atoms with Crippen LogP contribution in [0, 0.1) is 0 Å². The summed E-state index contributed by atoms with van der Waals surface area (Å²) in [6, 6.07) is 7.36. The fraction of sp³-hybridized carbons (Fsp3) is 0.353. The Hall–Kier alpha value is -1.96. The molecule has 25 heavy (non-hydrogen) atoms. The number of aryl methyl sites for hydroxylation is 1. The summed E-state index contributed by atoms with van der Waals surface area (Å²) in [7, 11) is 1.79. The molecule has 1 aliphatic heterocycles. The third-order valence-corrected chi connectivity index (χ3v) is 5.53. The van der Waals surface area contributed by atoms with Crippen LogP contribution < -0.4 is 4.90 Å². The molecule has 8 heteroatoms. The number of hydrogen-bond acceptors (Lipinski definition) is 5. The van der Waals surface area contributed by atoms with E-state index in [9.17, 15) is 4.79 Å². The monoisotopic (exact) mass is 376 g/mol. The average molecular weight is 377 g/mol. The third kappa shape index (κ3) is 3.27. The molecule has 1 unspecified atom stereocenters. The lowest BCUT2D eigenvalue weighted by Gasteiger charge is -2.22. The van der Waals surface area contributed by atoms with Crippen LogP contribution in [0.2, 0.25) is 5.02 Å². The van der Waals surface area contributed by atoms with Gasteiger partial charge in [0.05, 0.1) is 22.4 Å². The Kier molecular flexibility index (Phi) is 4.45. The van der Waals surface area contributed by atoms with Gasteiger partial charge in [-0.05, 0) is 31.0 Å². The van der Waals surface area contributed by atoms with Crippen molar-refractivity contribution >= 4 is 44.2 Å². The van der Waals surface area contributed by atoms with Crippen molar-refractivity contribution in [2.75, 3.05) is 18.1 Å². The number of aromatic nitrogens is 3. The van der Waals surface area contributed by atoms with Gasteiger partial charge in [-0.3, -0.25) is 14.4 Å². The fourth-order valence-corrected chi connectivity index (χ4v) is 4.20. The number of halogens is 1. The fourth-order valence-electron chi connectivity index (χ4n) is 2.93. The number of benzene rings is 1. The Balaban J connectivity index is 1.72. The first-order chi connectivity index (χ1) is 12.1. The Morgan fingerprint density at radius 1 is 1.48 bits per heavy atom. The molecule has 130 valence electrons. The van der Waals surface area contributed by atoms with Crippen molar-refractivity contribution in [3.8, 4) is 0 Å². The maximum Gasteiger partial charge on any atom is 0.280 e. The molecule has 0 saturated carbocycles. The molecular formula is C17H17ClN4O2S. The van der Waals surface area contributed by atoms with E-state index in [1.165, 1.54) is 11.3 Å². The topological polar surface area (TPSA) is 60.2 Å². The summed E-state index contributed by atoms with van der Waals surface area (Å²) in [5.41, 5.74) is 1.11. The molecule has 1 atom stereocenters. The smallest absolute Gasteiger partial charge is 0.280 e. The van der Waals surface area contributed by atoms with Crippen LogP contribution in [0.1, 0.15) is 23.3 Å². The molecule has 3 aromatic rings. The zero-order valence-corrected chi connectivity index (χ0v) is 15.3. The van der Waals surface area contributed by atoms with Crippen LogP contribution in [0.3, 0.4) is 0 Å². The van der Waals surface area contributed by atoms with Gasteiger partial charge in [0.1, 0.15) is 5.52 Å². The summed E-state index contributed by atoms with van der Waals surface area (Å²) in [5, 5.41) is 5.44. The van der Waals surface area contributed by atoms with Crippen LogP contribution in [0.15, 0.2) is 30.5 Å². The number of para-hydroxylation sites is 1. The third-order valence-electron chi connectivity index (χ3n) is 4.18. The van der Waals surface area contributed by atoms with Crippen molar-refractivity contribution in [1.82, 2.24) is 14.8 Å². The van der Waals surface area contributed by atoms with E-state index in [0.29, 0.717) is 22.4 Å². The first-order valence-electron chi connectivity index (χ1n) is 8.10. The number of thiazole rings is 1. The van der Waals surface area contributed by atoms with Crippen molar-refractivity contribution in [3.63, 3.8) is 0 Å². The number of amides is 1. The summed E-state index contributed by atoms with van der Waals surface area (Å²) in [4.78, 5) is 19.3. The zero-order chi connectivity index (χ0) is 17.4. The molecular weight excluding hydrogens is 360 g/mol. The van der Waals surface area contributed by atoms with Crippen LogP contribution in [0.25, 0.3) is 10.2 Å². The van der Waals surface area contributed by atoms with E-state index >= 15 is 0 Å². The molecule has 0 aliphatic carbocycles. The molecule has 0 spiro atoms. The predicted octanol–water partition coefficient (Wildman–Crippen LogP) is 3.51. The van der Waals surface area contributed by atoms with E-state index in [4.69, 9.17) is 16.3 Å². The van der Waals surface area contributed by atoms with Gasteiger partial charge < -0.3 is 4.74 Å². The highest BCUT2D eigenvalue weighted by atomic mass is 35.5. The summed E-state index contributed by atoms with van der Waals surface area (Å²) >= 11 is 7.70. The average Bonchev–Trinajstić information content (AvgIpc) is 3.32. The van der Waals surface area contributed by atoms with Crippen molar-refractivity contribution in [2.24, 2.45) is 7.05 Å². The van der Waals surface area contributed by atoms with Crippen LogP contribution >= 0.6 is 22.9 Å². The van der Waals surface area contributed by atoms with Gasteiger partial charge in [0.15, 0.2) is 10.8 Å². The molecule has 6 nitrogen and oxygen atoms in total. The number of nitrogens with zero attached hydrogens (tertiary/aromatic N) is 4. The van der Waals surface area contributed by atoms with Gasteiger partial charge in [0.25, 0.3) is 5.91 Å². The summed E-state index contributed by atoms with van der Waals surface area (Å²) < 4.78 is 8.30. The van der Waals surface area contributed by atoms with E-state index in [0.717, 1.165) is 29.7 Å². The SMILES string of the molecule is Cn1ccc(C(=O)N(CC2CCCO2)c2nc3c(Cl)cccc3s2)n1. The van der Waals surface area contributed by atoms with Gasteiger partial charge in [-0.2, -0.15) is 5.10 Å². The number of carbonyl (C=O) groups is 1. The summed E-state index contributed by atoms with van der Waals surface area (Å²) in [5.74, 6) is -0.175. The summed E-state index contributed by atoms with van der Waals surface area (Å²) in [6.45, 7) is 1.20. The second kappa shape index (κ2) is 6.74. The molecule has 1 fully saturated rings. The minimum Gasteiger partial charge on any atom is -0.376 e. The number of hydrogen-bond donors (Lipinski definition) is 0. The van der Waals surface area contributed by atoms with E-state index in [2.05, 4.69) is 10.1 Å². The van der Waals surface area contributed by atoms with Crippen LogP contribution in [0.4, 0.5) is 5.13 Å². The van der Waals surface area contributed by atoms with Gasteiger partial charge in [0.2, 0.25) is 0 Å². The number of carbonyl (C=O) groups excluding carboxylic acids is 1. The number of ether oxygens (including phenoxy) is 1. The first kappa shape index (κ1) is 16.5. The first-order valence-corrected chi connectivity index (χ1v) is 9.29. The lowest BCUT2D eigenvalue weighted by atomic mass is 10.2. The highest BCUT2D eigenvalue weighted by Crippen LogP contribution is 2.34. The molecule has 2 aromatic heterocycles. The molecule has 4 rings (SSSR count). The van der Waals surface area contributed by atoms with Gasteiger partial charge in [-0.15, -0.1) is 0 Å². The van der Waals surface area contributed by atoms with Gasteiger partial charge in [-0.1, -0.05) is 29.0 Å². The van der Waals surface area contributed by atoms with Crippen LogP contribution in [-0.4, -0.2) is 39.9 Å². The largest absolute Gasteiger partial charge is 0.376 e. The number of rotatable bonds is 4. The normalized spacial score (nSPS) is 17.3. The van der Waals surface area contributed by atoms with Crippen molar-refractivity contribution in [3.05, 3.63) is 41.2 Å². The zero-order valence-electron chi connectivity index (χ0n) is 13.7. The molecule has 1 aromatic carbocycles. The van der Waals surface area contributed by atoms with Crippen molar-refractivity contribution in [1.29, 1.82) is 0 Å². The minimum absolute atomic E-state index is 0.0233. The number of anilines is 1. The van der Waals surface area contributed by atoms with Crippen molar-refractivity contribution in [2.45, 2.75) is 18.9 Å². The maximum absolute atomic E-state index is 13.0. The molecule has 0 radical (unpaired) electrons. The van der Waals surface area contributed by atoms with E-state index in [1.54, 1.807) is 35.0 Å². The second-order valence-corrected chi connectivity index (χ2v) is 7.42. The van der Waals surface area contributed by atoms with Crippen LogP contribution in [-0.2, 0) is 11.8 Å². The Labute approximate surface area is 154 Å². The van der Waals surface area contributed by atoms with Gasteiger partial charge in [-0.25, -0.2) is 4.98 Å². The molecule has 1 saturated heterocycles. The second-order valence-electron chi connectivity index (χ2n) is 6.01. The number of fused-ring (bicyclic) bond motifs is 1. The lowest BCUT2D eigenvalue weighted by Crippen LogP contribution is -2.37. The Morgan fingerprint density at radius 3 is 3.04 bits per heavy atom. The van der Waals surface area contributed by atoms with Gasteiger partial charge in [0, 0.05) is 19.9 Å². The standard InChI is InChI=1S/C17H17ClN4O2S/c1-21-8-7-13(20-21)16(23)22(10-11-4-3-9-24-11)17-19-15-12(18)5-2-6-14(15)25-17/h2,5-8,11H,3-4,9-10H2,1H3. The van der Waals surface area contributed by atoms with Crippen molar-refractivity contribution < 1.29 is 9.53 Å². The highest BCUT2D eigenvalue weighted by Gasteiger charge is 2.28. The molecule has 1 amide bonds. The van der Waals surface area contributed by atoms with E-state index < -0.39 is 0 Å². The Bertz CT molecular complexity index is 916. The lowest BCUT2D eigenvalue weighted by molar-refractivity contribution is 0.0913. The van der Waals surface area contributed by atoms with Gasteiger partial charge >= 0.3 is 0 Å². The molecule has 1 aliphatic rings. The quantitative estimate of drug-likeness (QED) is 0.699.